The number of nitrogens with zero attached hydrogens (tertiary/aromatic N) is 5. The molecule has 0 N–H and O–H groups in total. The Hall–Kier alpha value is -9.39. The highest BCUT2D eigenvalue weighted by molar-refractivity contribution is 6.13. The molecule has 2 aliphatic rings. The molecule has 0 radical (unpaired) electrons. The van der Waals surface area contributed by atoms with Gasteiger partial charge in [-0.1, -0.05) is 164 Å². The molecule has 0 unspecified atom stereocenters. The number of fused-ring (bicyclic) bond motifs is 19. The van der Waals surface area contributed by atoms with E-state index in [-0.39, 0.29) is 0 Å². The number of rotatable bonds is 4. The Morgan fingerprint density at radius 2 is 0.829 bits per heavy atom. The van der Waals surface area contributed by atoms with Crippen molar-refractivity contribution in [3.8, 4) is 56.7 Å². The van der Waals surface area contributed by atoms with E-state index < -0.39 is 5.41 Å². The van der Waals surface area contributed by atoms with Gasteiger partial charge in [-0.2, -0.15) is 9.97 Å². The minimum absolute atomic E-state index is 0.435. The van der Waals surface area contributed by atoms with Crippen LogP contribution >= 0.6 is 0 Å². The van der Waals surface area contributed by atoms with Gasteiger partial charge in [0, 0.05) is 49.1 Å². The van der Waals surface area contributed by atoms with E-state index in [0.717, 1.165) is 71.6 Å². The molecule has 16 rings (SSSR count). The van der Waals surface area contributed by atoms with Crippen molar-refractivity contribution >= 4 is 65.6 Å². The predicted octanol–water partition coefficient (Wildman–Crippen LogP) is 15.6. The molecule has 0 aliphatic heterocycles. The molecule has 4 aromatic heterocycles. The molecule has 4 heterocycles. The molecule has 0 fully saturated rings. The minimum atomic E-state index is -0.435. The topological polar surface area (TPSA) is 61.7 Å². The van der Waals surface area contributed by atoms with Crippen LogP contribution < -0.4 is 0 Å². The smallest absolute Gasteiger partial charge is 0.238 e. The van der Waals surface area contributed by atoms with Crippen LogP contribution in [0.4, 0.5) is 0 Å². The Labute approximate surface area is 401 Å². The Kier molecular flexibility index (Phi) is 7.45. The fourth-order valence-corrected chi connectivity index (χ4v) is 12.3. The van der Waals surface area contributed by atoms with E-state index in [1.54, 1.807) is 0 Å². The normalized spacial score (nSPS) is 13.3. The molecule has 2 aliphatic carbocycles. The zero-order valence-electron chi connectivity index (χ0n) is 37.5. The number of para-hydroxylation sites is 4. The highest BCUT2D eigenvalue weighted by Gasteiger charge is 2.51. The molecule has 14 aromatic rings. The third-order valence-electron chi connectivity index (χ3n) is 15.2. The van der Waals surface area contributed by atoms with Gasteiger partial charge in [-0.15, -0.1) is 0 Å². The van der Waals surface area contributed by atoms with Crippen molar-refractivity contribution in [1.29, 1.82) is 0 Å². The molecular weight excluding hydrogens is 855 g/mol. The average Bonchev–Trinajstić information content (AvgIpc) is 4.21. The van der Waals surface area contributed by atoms with Crippen molar-refractivity contribution in [2.45, 2.75) is 5.41 Å². The van der Waals surface area contributed by atoms with E-state index in [0.29, 0.717) is 17.6 Å². The number of hydrogen-bond acceptors (Lipinski definition) is 4. The maximum Gasteiger partial charge on any atom is 0.238 e. The fourth-order valence-electron chi connectivity index (χ4n) is 12.3. The summed E-state index contributed by atoms with van der Waals surface area (Å²) in [6, 6.07) is 80.9. The lowest BCUT2D eigenvalue weighted by Gasteiger charge is -2.30. The summed E-state index contributed by atoms with van der Waals surface area (Å²) in [6.45, 7) is 0. The third-order valence-corrected chi connectivity index (χ3v) is 15.2. The Balaban J connectivity index is 0.926. The van der Waals surface area contributed by atoms with E-state index in [1.165, 1.54) is 55.3 Å². The predicted molar refractivity (Wildman–Crippen MR) is 283 cm³/mol. The van der Waals surface area contributed by atoms with E-state index in [9.17, 15) is 0 Å². The van der Waals surface area contributed by atoms with Crippen molar-refractivity contribution in [2.75, 3.05) is 0 Å². The van der Waals surface area contributed by atoms with Gasteiger partial charge in [-0.3, -0.25) is 4.57 Å². The Bertz CT molecular complexity index is 4470. The van der Waals surface area contributed by atoms with Crippen LogP contribution in [0.25, 0.3) is 122 Å². The first-order chi connectivity index (χ1) is 34.7. The highest BCUT2D eigenvalue weighted by Crippen LogP contribution is 2.63. The molecular formula is C64H37N5O. The monoisotopic (exact) mass is 891 g/mol. The molecule has 10 aromatic carbocycles. The lowest BCUT2D eigenvalue weighted by atomic mass is 9.70. The van der Waals surface area contributed by atoms with Gasteiger partial charge in [-0.25, -0.2) is 4.98 Å². The summed E-state index contributed by atoms with van der Waals surface area (Å²) in [5.74, 6) is 1.68. The summed E-state index contributed by atoms with van der Waals surface area (Å²) in [6.07, 6.45) is 0. The first-order valence-corrected chi connectivity index (χ1v) is 23.8. The number of aromatic nitrogens is 5. The van der Waals surface area contributed by atoms with Crippen LogP contribution in [0.2, 0.25) is 0 Å². The second-order valence-corrected chi connectivity index (χ2v) is 18.7. The van der Waals surface area contributed by atoms with Gasteiger partial charge in [0.05, 0.1) is 27.5 Å². The van der Waals surface area contributed by atoms with Crippen molar-refractivity contribution in [3.05, 3.63) is 247 Å². The number of hydrogen-bond donors (Lipinski definition) is 0. The quantitative estimate of drug-likeness (QED) is 0.177. The number of benzene rings is 10. The third kappa shape index (κ3) is 4.93. The zero-order valence-corrected chi connectivity index (χ0v) is 37.5. The maximum atomic E-state index is 6.40. The van der Waals surface area contributed by atoms with Crippen LogP contribution in [0.5, 0.6) is 0 Å². The molecule has 0 saturated heterocycles. The molecule has 6 nitrogen and oxygen atoms in total. The van der Waals surface area contributed by atoms with Crippen molar-refractivity contribution in [1.82, 2.24) is 24.1 Å². The van der Waals surface area contributed by atoms with Crippen LogP contribution in [0.3, 0.4) is 0 Å². The zero-order chi connectivity index (χ0) is 45.7. The summed E-state index contributed by atoms with van der Waals surface area (Å²) >= 11 is 0. The molecule has 1 spiro atoms. The van der Waals surface area contributed by atoms with E-state index in [2.05, 4.69) is 215 Å². The molecule has 70 heavy (non-hydrogen) atoms. The SMILES string of the molecule is c1cc(-c2nc(-c3ccc4c(c3)oc3ccccc34)nc(-n3c4ccccc4c4ccccc43)n2)cc(-n2c3ccccc3c3cc4c(cc32)-c2ccccc2C42c3ccccc3-c3ccccc32)c1. The van der Waals surface area contributed by atoms with Gasteiger partial charge in [-0.05, 0) is 105 Å². The Morgan fingerprint density at radius 1 is 0.314 bits per heavy atom. The average molecular weight is 892 g/mol. The van der Waals surface area contributed by atoms with Crippen molar-refractivity contribution in [2.24, 2.45) is 0 Å². The van der Waals surface area contributed by atoms with Crippen LogP contribution in [-0.4, -0.2) is 24.1 Å². The molecule has 324 valence electrons. The van der Waals surface area contributed by atoms with Gasteiger partial charge in [0.25, 0.3) is 0 Å². The molecule has 0 atom stereocenters. The van der Waals surface area contributed by atoms with E-state index in [1.807, 2.05) is 18.2 Å². The summed E-state index contributed by atoms with van der Waals surface area (Å²) in [5, 5.41) is 6.83. The Morgan fingerprint density at radius 3 is 1.49 bits per heavy atom. The van der Waals surface area contributed by atoms with E-state index >= 15 is 0 Å². The highest BCUT2D eigenvalue weighted by atomic mass is 16.3. The molecule has 0 amide bonds. The first-order valence-electron chi connectivity index (χ1n) is 23.8. The summed E-state index contributed by atoms with van der Waals surface area (Å²) in [5.41, 5.74) is 18.7. The molecule has 0 saturated carbocycles. The largest absolute Gasteiger partial charge is 0.456 e. The molecule has 0 bridgehead atoms. The van der Waals surface area contributed by atoms with Crippen LogP contribution in [-0.2, 0) is 5.41 Å². The summed E-state index contributed by atoms with van der Waals surface area (Å²) in [7, 11) is 0. The van der Waals surface area contributed by atoms with Gasteiger partial charge in [0.1, 0.15) is 11.2 Å². The lowest BCUT2D eigenvalue weighted by molar-refractivity contribution is 0.669. The van der Waals surface area contributed by atoms with Crippen molar-refractivity contribution in [3.63, 3.8) is 0 Å². The van der Waals surface area contributed by atoms with Crippen LogP contribution in [0, 0.1) is 0 Å². The van der Waals surface area contributed by atoms with Crippen molar-refractivity contribution < 1.29 is 4.42 Å². The van der Waals surface area contributed by atoms with Gasteiger partial charge < -0.3 is 8.98 Å². The standard InChI is InChI=1S/C64H37N5O/c1-8-25-51-41(18-1)42-19-2-9-26-52(42)64(51)53-27-10-3-20-43(53)49-37-58-50(36-54(49)64)46-23-6-11-28-55(46)68(58)40-17-15-16-38(34-40)61-65-62(39-32-33-48-47-24-7-14-31-59(47)70-60(48)35-39)67-63(66-61)69-56-29-12-4-21-44(56)45-22-5-13-30-57(45)69/h1-37H. The molecule has 6 heteroatoms. The second-order valence-electron chi connectivity index (χ2n) is 18.7. The van der Waals surface area contributed by atoms with Crippen LogP contribution in [0.15, 0.2) is 229 Å². The van der Waals surface area contributed by atoms with Crippen LogP contribution in [0.1, 0.15) is 22.3 Å². The summed E-state index contributed by atoms with van der Waals surface area (Å²) < 4.78 is 11.0. The lowest BCUT2D eigenvalue weighted by Crippen LogP contribution is -2.25. The van der Waals surface area contributed by atoms with Gasteiger partial charge in [0.15, 0.2) is 11.6 Å². The summed E-state index contributed by atoms with van der Waals surface area (Å²) in [4.78, 5) is 16.0. The fraction of sp³-hybridized carbons (Fsp3) is 0.0156. The maximum absolute atomic E-state index is 6.40. The number of furan rings is 1. The minimum Gasteiger partial charge on any atom is -0.456 e. The second kappa shape index (κ2) is 13.8. The van der Waals surface area contributed by atoms with Gasteiger partial charge in [0.2, 0.25) is 5.95 Å². The first kappa shape index (κ1) is 37.7. The van der Waals surface area contributed by atoms with E-state index in [4.69, 9.17) is 19.4 Å². The van der Waals surface area contributed by atoms with Gasteiger partial charge >= 0.3 is 0 Å².